The first-order valence-corrected chi connectivity index (χ1v) is 8.72. The van der Waals surface area contributed by atoms with Crippen molar-refractivity contribution in [1.29, 1.82) is 0 Å². The molecule has 0 unspecified atom stereocenters. The van der Waals surface area contributed by atoms with E-state index in [1.54, 1.807) is 54.9 Å². The number of H-pyrrole nitrogens is 1. The molecule has 2 aromatic carbocycles. The molecule has 2 aromatic heterocycles. The highest BCUT2D eigenvalue weighted by atomic mass is 16.2. The standard InChI is InChI=1S/C21H17N5O2/c27-20(23-13-14-8-10-22-11-9-14)16-6-7-18-17(12-16)19(26-25-18)24-21(28)15-4-2-1-3-5-15/h1-12H,13H2,(H,23,27)(H2,24,25,26,28). The number of rotatable bonds is 5. The first-order valence-electron chi connectivity index (χ1n) is 8.72. The van der Waals surface area contributed by atoms with Gasteiger partial charge < -0.3 is 10.6 Å². The zero-order chi connectivity index (χ0) is 19.3. The fourth-order valence-electron chi connectivity index (χ4n) is 2.80. The lowest BCUT2D eigenvalue weighted by Crippen LogP contribution is -2.22. The van der Waals surface area contributed by atoms with Crippen LogP contribution in [0.5, 0.6) is 0 Å². The summed E-state index contributed by atoms with van der Waals surface area (Å²) in [4.78, 5) is 28.8. The molecule has 7 nitrogen and oxygen atoms in total. The fraction of sp³-hybridized carbons (Fsp3) is 0.0476. The number of carbonyl (C=O) groups excluding carboxylic acids is 2. The molecule has 2 heterocycles. The Kier molecular flexibility index (Phi) is 4.79. The summed E-state index contributed by atoms with van der Waals surface area (Å²) in [6.45, 7) is 0.405. The number of nitrogens with zero attached hydrogens (tertiary/aromatic N) is 2. The van der Waals surface area contributed by atoms with Crippen LogP contribution in [0.25, 0.3) is 10.9 Å². The number of fused-ring (bicyclic) bond motifs is 1. The lowest BCUT2D eigenvalue weighted by Gasteiger charge is -2.06. The Hall–Kier alpha value is -4.00. The lowest BCUT2D eigenvalue weighted by molar-refractivity contribution is 0.0950. The number of aromatic amines is 1. The third-order valence-electron chi connectivity index (χ3n) is 4.30. The highest BCUT2D eigenvalue weighted by Crippen LogP contribution is 2.22. The number of benzene rings is 2. The minimum Gasteiger partial charge on any atom is -0.348 e. The molecule has 0 aliphatic carbocycles. The Morgan fingerprint density at radius 3 is 2.46 bits per heavy atom. The van der Waals surface area contributed by atoms with Crippen LogP contribution in [0, 0.1) is 0 Å². The molecular formula is C21H17N5O2. The van der Waals surface area contributed by atoms with E-state index in [0.29, 0.717) is 28.9 Å². The number of nitrogens with one attached hydrogen (secondary N) is 3. The van der Waals surface area contributed by atoms with E-state index in [2.05, 4.69) is 25.8 Å². The van der Waals surface area contributed by atoms with E-state index in [4.69, 9.17) is 0 Å². The Balaban J connectivity index is 1.52. The van der Waals surface area contributed by atoms with Gasteiger partial charge in [-0.25, -0.2) is 0 Å². The number of hydrogen-bond acceptors (Lipinski definition) is 4. The van der Waals surface area contributed by atoms with Crippen molar-refractivity contribution in [2.24, 2.45) is 0 Å². The first kappa shape index (κ1) is 17.4. The molecular weight excluding hydrogens is 354 g/mol. The van der Waals surface area contributed by atoms with Gasteiger partial charge in [0.2, 0.25) is 0 Å². The largest absolute Gasteiger partial charge is 0.348 e. The van der Waals surface area contributed by atoms with Gasteiger partial charge in [-0.1, -0.05) is 18.2 Å². The molecule has 28 heavy (non-hydrogen) atoms. The van der Waals surface area contributed by atoms with Crippen LogP contribution in [0.1, 0.15) is 26.3 Å². The second-order valence-electron chi connectivity index (χ2n) is 6.19. The van der Waals surface area contributed by atoms with Gasteiger partial charge >= 0.3 is 0 Å². The smallest absolute Gasteiger partial charge is 0.256 e. The van der Waals surface area contributed by atoms with Gasteiger partial charge in [0.15, 0.2) is 5.82 Å². The van der Waals surface area contributed by atoms with Crippen molar-refractivity contribution in [3.8, 4) is 0 Å². The van der Waals surface area contributed by atoms with E-state index in [1.165, 1.54) is 0 Å². The third kappa shape index (κ3) is 3.73. The van der Waals surface area contributed by atoms with E-state index in [-0.39, 0.29) is 11.8 Å². The van der Waals surface area contributed by atoms with Gasteiger partial charge in [0, 0.05) is 35.5 Å². The molecule has 2 amide bonds. The maximum Gasteiger partial charge on any atom is 0.256 e. The lowest BCUT2D eigenvalue weighted by atomic mass is 10.1. The Morgan fingerprint density at radius 1 is 0.893 bits per heavy atom. The van der Waals surface area contributed by atoms with Crippen LogP contribution >= 0.6 is 0 Å². The molecule has 3 N–H and O–H groups in total. The van der Waals surface area contributed by atoms with Crippen molar-refractivity contribution in [1.82, 2.24) is 20.5 Å². The molecule has 0 bridgehead atoms. The van der Waals surface area contributed by atoms with Crippen molar-refractivity contribution in [2.75, 3.05) is 5.32 Å². The number of anilines is 1. The maximum absolute atomic E-state index is 12.5. The van der Waals surface area contributed by atoms with Crippen LogP contribution in [0.3, 0.4) is 0 Å². The predicted molar refractivity (Wildman–Crippen MR) is 106 cm³/mol. The Bertz CT molecular complexity index is 1120. The second-order valence-corrected chi connectivity index (χ2v) is 6.19. The van der Waals surface area contributed by atoms with Crippen LogP contribution in [-0.4, -0.2) is 27.0 Å². The van der Waals surface area contributed by atoms with Crippen molar-refractivity contribution in [2.45, 2.75) is 6.54 Å². The van der Waals surface area contributed by atoms with Gasteiger partial charge in [0.05, 0.1) is 5.52 Å². The Morgan fingerprint density at radius 2 is 1.68 bits per heavy atom. The summed E-state index contributed by atoms with van der Waals surface area (Å²) in [5.74, 6) is -0.0885. The minimum absolute atomic E-state index is 0.208. The molecule has 7 heteroatoms. The monoisotopic (exact) mass is 371 g/mol. The third-order valence-corrected chi connectivity index (χ3v) is 4.30. The molecule has 0 aliphatic rings. The second kappa shape index (κ2) is 7.71. The normalized spacial score (nSPS) is 10.6. The average Bonchev–Trinajstić information content (AvgIpc) is 3.15. The molecule has 4 rings (SSSR count). The van der Waals surface area contributed by atoms with Gasteiger partial charge in [0.1, 0.15) is 0 Å². The summed E-state index contributed by atoms with van der Waals surface area (Å²) in [5, 5.41) is 13.4. The van der Waals surface area contributed by atoms with Crippen molar-refractivity contribution in [3.63, 3.8) is 0 Å². The van der Waals surface area contributed by atoms with E-state index in [0.717, 1.165) is 11.1 Å². The van der Waals surface area contributed by atoms with Crippen molar-refractivity contribution in [3.05, 3.63) is 89.7 Å². The number of aromatic nitrogens is 3. The summed E-state index contributed by atoms with van der Waals surface area (Å²) >= 11 is 0. The van der Waals surface area contributed by atoms with Gasteiger partial charge in [-0.3, -0.25) is 19.7 Å². The van der Waals surface area contributed by atoms with E-state index >= 15 is 0 Å². The zero-order valence-electron chi connectivity index (χ0n) is 14.8. The number of pyridine rings is 1. The summed E-state index contributed by atoms with van der Waals surface area (Å²) < 4.78 is 0. The SMILES string of the molecule is O=C(NCc1ccncc1)c1ccc2[nH]nc(NC(=O)c3ccccc3)c2c1. The van der Waals surface area contributed by atoms with Crippen LogP contribution in [0.2, 0.25) is 0 Å². The molecule has 0 fully saturated rings. The van der Waals surface area contributed by atoms with E-state index < -0.39 is 0 Å². The van der Waals surface area contributed by atoms with Crippen LogP contribution < -0.4 is 10.6 Å². The van der Waals surface area contributed by atoms with Crippen molar-refractivity contribution < 1.29 is 9.59 Å². The number of hydrogen-bond donors (Lipinski definition) is 3. The first-order chi connectivity index (χ1) is 13.7. The van der Waals surface area contributed by atoms with Gasteiger partial charge in [-0.05, 0) is 48.0 Å². The van der Waals surface area contributed by atoms with Crippen molar-refractivity contribution >= 4 is 28.5 Å². The predicted octanol–water partition coefficient (Wildman–Crippen LogP) is 3.14. The summed E-state index contributed by atoms with van der Waals surface area (Å²) in [7, 11) is 0. The van der Waals surface area contributed by atoms with Crippen LogP contribution in [0.15, 0.2) is 73.1 Å². The van der Waals surface area contributed by atoms with Gasteiger partial charge in [0.25, 0.3) is 11.8 Å². The fourth-order valence-corrected chi connectivity index (χ4v) is 2.80. The average molecular weight is 371 g/mol. The van der Waals surface area contributed by atoms with Crippen LogP contribution in [0.4, 0.5) is 5.82 Å². The summed E-state index contributed by atoms with van der Waals surface area (Å²) in [5.41, 5.74) is 2.71. The molecule has 0 atom stereocenters. The highest BCUT2D eigenvalue weighted by Gasteiger charge is 2.13. The maximum atomic E-state index is 12.5. The van der Waals surface area contributed by atoms with Gasteiger partial charge in [-0.15, -0.1) is 0 Å². The molecule has 0 spiro atoms. The summed E-state index contributed by atoms with van der Waals surface area (Å²) in [6.07, 6.45) is 3.36. The molecule has 4 aromatic rings. The summed E-state index contributed by atoms with van der Waals surface area (Å²) in [6, 6.07) is 17.8. The topological polar surface area (TPSA) is 99.8 Å². The van der Waals surface area contributed by atoms with Gasteiger partial charge in [-0.2, -0.15) is 5.10 Å². The number of carbonyl (C=O) groups is 2. The highest BCUT2D eigenvalue weighted by molar-refractivity contribution is 6.09. The van der Waals surface area contributed by atoms with Crippen LogP contribution in [-0.2, 0) is 6.54 Å². The molecule has 138 valence electrons. The molecule has 0 saturated carbocycles. The number of amides is 2. The van der Waals surface area contributed by atoms with E-state index in [1.807, 2.05) is 18.2 Å². The molecule has 0 radical (unpaired) electrons. The molecule has 0 saturated heterocycles. The quantitative estimate of drug-likeness (QED) is 0.502. The Labute approximate surface area is 160 Å². The zero-order valence-corrected chi connectivity index (χ0v) is 14.8. The van der Waals surface area contributed by atoms with E-state index in [9.17, 15) is 9.59 Å². The minimum atomic E-state index is -0.262. The molecule has 0 aliphatic heterocycles.